The van der Waals surface area contributed by atoms with Crippen molar-refractivity contribution in [3.63, 3.8) is 0 Å². The number of oxime groups is 1. The molecule has 0 spiro atoms. The third-order valence-electron chi connectivity index (χ3n) is 5.47. The van der Waals surface area contributed by atoms with E-state index in [0.29, 0.717) is 27.2 Å². The highest BCUT2D eigenvalue weighted by Gasteiger charge is 2.33. The van der Waals surface area contributed by atoms with Gasteiger partial charge in [0, 0.05) is 32.7 Å². The number of halogens is 3. The summed E-state index contributed by atoms with van der Waals surface area (Å²) in [5, 5.41) is 5.72. The van der Waals surface area contributed by atoms with Gasteiger partial charge in [-0.15, -0.1) is 0 Å². The van der Waals surface area contributed by atoms with Crippen molar-refractivity contribution in [1.82, 2.24) is 4.57 Å². The molecule has 0 amide bonds. The summed E-state index contributed by atoms with van der Waals surface area (Å²) in [6.45, 7) is 6.08. The van der Waals surface area contributed by atoms with Gasteiger partial charge < -0.3 is 14.1 Å². The average molecular weight is 506 g/mol. The summed E-state index contributed by atoms with van der Waals surface area (Å²) in [7, 11) is 0. The van der Waals surface area contributed by atoms with Gasteiger partial charge in [-0.2, -0.15) is 0 Å². The van der Waals surface area contributed by atoms with Crippen molar-refractivity contribution in [3.8, 4) is 11.4 Å². The number of carbonyl (C=O) groups is 1. The molecule has 0 bridgehead atoms. The van der Waals surface area contributed by atoms with Crippen LogP contribution in [-0.2, 0) is 16.1 Å². The summed E-state index contributed by atoms with van der Waals surface area (Å²) >= 11 is 18.0. The van der Waals surface area contributed by atoms with Crippen molar-refractivity contribution < 1.29 is 14.4 Å². The molecule has 3 aromatic rings. The molecule has 0 unspecified atom stereocenters. The van der Waals surface area contributed by atoms with Crippen LogP contribution in [-0.4, -0.2) is 22.9 Å². The predicted octanol–water partition coefficient (Wildman–Crippen LogP) is 7.04. The van der Waals surface area contributed by atoms with Crippen LogP contribution in [0.15, 0.2) is 53.7 Å². The van der Waals surface area contributed by atoms with Crippen LogP contribution in [0.4, 0.5) is 0 Å². The second-order valence-corrected chi connectivity index (χ2v) is 10.1. The highest BCUT2D eigenvalue weighted by atomic mass is 35.5. The van der Waals surface area contributed by atoms with Crippen LogP contribution in [0.1, 0.15) is 37.2 Å². The Morgan fingerprint density at radius 3 is 2.42 bits per heavy atom. The molecule has 1 heterocycles. The maximum atomic E-state index is 12.3. The maximum Gasteiger partial charge on any atom is 0.372 e. The normalized spacial score (nSPS) is 15.9. The second-order valence-electron chi connectivity index (χ2n) is 8.84. The molecular weight excluding hydrogens is 483 g/mol. The molecule has 2 aromatic carbocycles. The number of hydrogen-bond donors (Lipinski definition) is 0. The van der Waals surface area contributed by atoms with E-state index in [1.165, 1.54) is 0 Å². The molecule has 0 atom stereocenters. The van der Waals surface area contributed by atoms with E-state index in [9.17, 15) is 4.79 Å². The molecule has 1 aliphatic rings. The van der Waals surface area contributed by atoms with Crippen molar-refractivity contribution in [2.75, 3.05) is 6.61 Å². The van der Waals surface area contributed by atoms with Crippen molar-refractivity contribution >= 4 is 46.5 Å². The lowest BCUT2D eigenvalue weighted by Crippen LogP contribution is -2.29. The Kier molecular flexibility index (Phi) is 6.76. The first-order chi connectivity index (χ1) is 15.6. The van der Waals surface area contributed by atoms with E-state index in [0.717, 1.165) is 34.8 Å². The minimum atomic E-state index is -0.618. The quantitative estimate of drug-likeness (QED) is 0.276. The first kappa shape index (κ1) is 23.7. The molecule has 0 aliphatic heterocycles. The zero-order chi connectivity index (χ0) is 23.8. The highest BCUT2D eigenvalue weighted by Crippen LogP contribution is 2.38. The number of fused-ring (bicyclic) bond motifs is 1. The fourth-order valence-corrected chi connectivity index (χ4v) is 4.66. The third-order valence-corrected chi connectivity index (χ3v) is 6.25. The lowest BCUT2D eigenvalue weighted by Gasteiger charge is -2.31. The second kappa shape index (κ2) is 9.41. The van der Waals surface area contributed by atoms with E-state index in [2.05, 4.69) is 29.6 Å². The van der Waals surface area contributed by atoms with Crippen LogP contribution in [0, 0.1) is 12.3 Å². The van der Waals surface area contributed by atoms with Gasteiger partial charge in [-0.05, 0) is 73.7 Å². The number of nitrogens with zero attached hydrogens (tertiary/aromatic N) is 2. The van der Waals surface area contributed by atoms with Crippen LogP contribution < -0.4 is 4.74 Å². The fourth-order valence-electron chi connectivity index (χ4n) is 4.07. The molecule has 0 saturated heterocycles. The molecule has 0 radical (unpaired) electrons. The molecule has 0 fully saturated rings. The van der Waals surface area contributed by atoms with Crippen LogP contribution in [0.25, 0.3) is 5.69 Å². The molecule has 0 N–H and O–H groups in total. The molecule has 5 nitrogen and oxygen atoms in total. The summed E-state index contributed by atoms with van der Waals surface area (Å²) in [6.07, 6.45) is 1.55. The fraction of sp³-hybridized carbons (Fsp3) is 0.280. The topological polar surface area (TPSA) is 52.8 Å². The van der Waals surface area contributed by atoms with Crippen molar-refractivity contribution in [3.05, 3.63) is 80.6 Å². The maximum absolute atomic E-state index is 12.3. The molecule has 4 rings (SSSR count). The Bertz CT molecular complexity index is 1230. The van der Waals surface area contributed by atoms with Crippen molar-refractivity contribution in [2.45, 2.75) is 33.6 Å². The first-order valence-electron chi connectivity index (χ1n) is 10.4. The van der Waals surface area contributed by atoms with Gasteiger partial charge in [0.2, 0.25) is 0 Å². The van der Waals surface area contributed by atoms with Crippen molar-refractivity contribution in [2.24, 2.45) is 10.6 Å². The zero-order valence-electron chi connectivity index (χ0n) is 18.5. The Labute approximate surface area is 207 Å². The van der Waals surface area contributed by atoms with E-state index < -0.39 is 5.97 Å². The Balaban J connectivity index is 1.55. The van der Waals surface area contributed by atoms with E-state index in [1.807, 2.05) is 31.2 Å². The summed E-state index contributed by atoms with van der Waals surface area (Å²) in [6, 6.07) is 14.6. The number of aryl methyl sites for hydroxylation is 1. The van der Waals surface area contributed by atoms with Gasteiger partial charge in [0.15, 0.2) is 6.61 Å². The number of carbonyl (C=O) groups excluding carboxylic acids is 1. The minimum absolute atomic E-state index is 0.0550. The number of rotatable bonds is 5. The van der Waals surface area contributed by atoms with Crippen LogP contribution in [0.2, 0.25) is 15.1 Å². The lowest BCUT2D eigenvalue weighted by molar-refractivity contribution is -0.146. The average Bonchev–Trinajstić information content (AvgIpc) is 3.06. The van der Waals surface area contributed by atoms with Gasteiger partial charge in [-0.25, -0.2) is 4.79 Å². The smallest absolute Gasteiger partial charge is 0.372 e. The largest absolute Gasteiger partial charge is 0.480 e. The monoisotopic (exact) mass is 504 g/mol. The Hall–Kier alpha value is -2.47. The van der Waals surface area contributed by atoms with E-state index in [1.54, 1.807) is 18.2 Å². The molecule has 172 valence electrons. The van der Waals surface area contributed by atoms with Crippen LogP contribution in [0.3, 0.4) is 0 Å². The van der Waals surface area contributed by atoms with Crippen LogP contribution >= 0.6 is 34.8 Å². The summed E-state index contributed by atoms with van der Waals surface area (Å²) < 4.78 is 7.65. The van der Waals surface area contributed by atoms with E-state index in [4.69, 9.17) is 44.4 Å². The summed E-state index contributed by atoms with van der Waals surface area (Å²) in [5.41, 5.74) is 4.89. The predicted molar refractivity (Wildman–Crippen MR) is 132 cm³/mol. The van der Waals surface area contributed by atoms with Gasteiger partial charge in [-0.1, -0.05) is 53.8 Å². The summed E-state index contributed by atoms with van der Waals surface area (Å²) in [5.74, 6) is -0.269. The van der Waals surface area contributed by atoms with Crippen molar-refractivity contribution in [1.29, 1.82) is 0 Å². The molecule has 0 saturated carbocycles. The molecule has 1 aliphatic carbocycles. The van der Waals surface area contributed by atoms with Gasteiger partial charge in [0.1, 0.15) is 5.75 Å². The number of benzene rings is 2. The van der Waals surface area contributed by atoms with Gasteiger partial charge in [0.05, 0.1) is 10.7 Å². The number of ether oxygens (including phenoxy) is 1. The Morgan fingerprint density at radius 2 is 1.73 bits per heavy atom. The lowest BCUT2D eigenvalue weighted by atomic mass is 9.76. The molecule has 1 aromatic heterocycles. The third kappa shape index (κ3) is 5.37. The van der Waals surface area contributed by atoms with Gasteiger partial charge >= 0.3 is 5.97 Å². The van der Waals surface area contributed by atoms with E-state index >= 15 is 0 Å². The van der Waals surface area contributed by atoms with Gasteiger partial charge in [0.25, 0.3) is 0 Å². The SMILES string of the molecule is Cc1cc2c(n1-c1ccc(Cl)cc1)CC(C)(C)C/C2=N\OC(=O)COc1ccc(Cl)cc1Cl. The number of hydrogen-bond acceptors (Lipinski definition) is 4. The van der Waals surface area contributed by atoms with Gasteiger partial charge in [-0.3, -0.25) is 0 Å². The minimum Gasteiger partial charge on any atom is -0.480 e. The first-order valence-corrected chi connectivity index (χ1v) is 11.6. The zero-order valence-corrected chi connectivity index (χ0v) is 20.8. The standard InChI is InChI=1S/C25H23Cl3N2O3/c1-15-10-19-21(29-33-24(31)14-32-23-9-6-17(27)11-20(23)28)12-25(2,3)13-22(19)30(15)18-7-4-16(26)5-8-18/h4-11H,12-14H2,1-3H3/b29-21+. The molecular formula is C25H23Cl3N2O3. The number of aromatic nitrogens is 1. The molecule has 33 heavy (non-hydrogen) atoms. The van der Waals surface area contributed by atoms with E-state index in [-0.39, 0.29) is 12.0 Å². The van der Waals surface area contributed by atoms with Crippen LogP contribution in [0.5, 0.6) is 5.75 Å². The summed E-state index contributed by atoms with van der Waals surface area (Å²) in [4.78, 5) is 17.5. The molecule has 8 heteroatoms. The highest BCUT2D eigenvalue weighted by molar-refractivity contribution is 6.35. The Morgan fingerprint density at radius 1 is 1.03 bits per heavy atom.